The van der Waals surface area contributed by atoms with Crippen LogP contribution in [0, 0.1) is 5.82 Å². The van der Waals surface area contributed by atoms with Crippen molar-refractivity contribution in [3.8, 4) is 5.75 Å². The summed E-state index contributed by atoms with van der Waals surface area (Å²) in [5, 5.41) is 0.221. The molecular weight excluding hydrogens is 305 g/mol. The summed E-state index contributed by atoms with van der Waals surface area (Å²) in [5.74, 6) is 0.739. The van der Waals surface area contributed by atoms with Gasteiger partial charge in [0.05, 0.1) is 13.2 Å². The average molecular weight is 322 g/mol. The molecule has 0 bridgehead atoms. The van der Waals surface area contributed by atoms with Gasteiger partial charge in [-0.25, -0.2) is 14.4 Å². The molecule has 1 atom stereocenters. The van der Waals surface area contributed by atoms with E-state index in [1.165, 1.54) is 7.11 Å². The lowest BCUT2D eigenvalue weighted by Crippen LogP contribution is -2.36. The molecule has 6 heteroatoms. The number of benzene rings is 1. The number of nitrogens with zero attached hydrogens (tertiary/aromatic N) is 3. The van der Waals surface area contributed by atoms with Crippen LogP contribution in [0.1, 0.15) is 30.5 Å². The number of aromatic nitrogens is 2. The molecule has 116 valence electrons. The van der Waals surface area contributed by atoms with E-state index in [9.17, 15) is 4.39 Å². The second-order valence-electron chi connectivity index (χ2n) is 5.24. The normalized spacial score (nSPS) is 17.3. The molecule has 4 nitrogen and oxygen atoms in total. The van der Waals surface area contributed by atoms with Crippen molar-refractivity contribution in [2.75, 3.05) is 18.6 Å². The summed E-state index contributed by atoms with van der Waals surface area (Å²) in [4.78, 5) is 10.4. The van der Waals surface area contributed by atoms with Crippen molar-refractivity contribution in [1.82, 2.24) is 9.97 Å². The first-order valence-corrected chi connectivity index (χ1v) is 7.63. The van der Waals surface area contributed by atoms with Crippen LogP contribution in [-0.4, -0.2) is 23.6 Å². The minimum absolute atomic E-state index is 0.0649. The van der Waals surface area contributed by atoms with E-state index in [2.05, 4.69) is 21.8 Å². The van der Waals surface area contributed by atoms with Gasteiger partial charge in [0.1, 0.15) is 5.82 Å². The number of anilines is 1. The third kappa shape index (κ3) is 2.61. The Labute approximate surface area is 133 Å². The van der Waals surface area contributed by atoms with E-state index < -0.39 is 0 Å². The standard InChI is InChI=1S/C16H17ClFN3O/c1-3-13-11-9-12(18)14(22-2)8-10(11)5-7-21(13)15-4-6-19-16(17)20-15/h4,6,8-9,13H,3,5,7H2,1-2H3. The molecule has 22 heavy (non-hydrogen) atoms. The first-order valence-electron chi connectivity index (χ1n) is 7.25. The molecule has 3 rings (SSSR count). The molecule has 1 unspecified atom stereocenters. The van der Waals surface area contributed by atoms with Crippen molar-refractivity contribution in [2.45, 2.75) is 25.8 Å². The molecular formula is C16H17ClFN3O. The predicted molar refractivity (Wildman–Crippen MR) is 84.1 cm³/mol. The number of halogens is 2. The SMILES string of the molecule is CCC1c2cc(F)c(OC)cc2CCN1c1ccnc(Cl)n1. The maximum Gasteiger partial charge on any atom is 0.224 e. The molecule has 0 radical (unpaired) electrons. The van der Waals surface area contributed by atoms with Crippen LogP contribution in [0.25, 0.3) is 0 Å². The lowest BCUT2D eigenvalue weighted by molar-refractivity contribution is 0.384. The van der Waals surface area contributed by atoms with Gasteiger partial charge in [-0.05, 0) is 53.8 Å². The van der Waals surface area contributed by atoms with Crippen molar-refractivity contribution in [3.05, 3.63) is 46.6 Å². The fourth-order valence-corrected chi connectivity index (χ4v) is 3.20. The van der Waals surface area contributed by atoms with Gasteiger partial charge >= 0.3 is 0 Å². The Kier molecular flexibility index (Phi) is 4.16. The number of ether oxygens (including phenoxy) is 1. The fraction of sp³-hybridized carbons (Fsp3) is 0.375. The highest BCUT2D eigenvalue weighted by Gasteiger charge is 2.28. The van der Waals surface area contributed by atoms with Crippen molar-refractivity contribution < 1.29 is 9.13 Å². The van der Waals surface area contributed by atoms with E-state index in [1.54, 1.807) is 18.3 Å². The van der Waals surface area contributed by atoms with E-state index in [0.717, 1.165) is 36.3 Å². The molecule has 0 fully saturated rings. The lowest BCUT2D eigenvalue weighted by Gasteiger charge is -2.38. The quantitative estimate of drug-likeness (QED) is 0.806. The summed E-state index contributed by atoms with van der Waals surface area (Å²) in [6.07, 6.45) is 3.30. The molecule has 2 heterocycles. The molecule has 2 aromatic rings. The van der Waals surface area contributed by atoms with Crippen LogP contribution in [0.3, 0.4) is 0 Å². The Morgan fingerprint density at radius 2 is 2.27 bits per heavy atom. The summed E-state index contributed by atoms with van der Waals surface area (Å²) in [6.45, 7) is 2.88. The molecule has 1 aromatic heterocycles. The van der Waals surface area contributed by atoms with Crippen molar-refractivity contribution in [3.63, 3.8) is 0 Å². The summed E-state index contributed by atoms with van der Waals surface area (Å²) >= 11 is 5.89. The van der Waals surface area contributed by atoms with Gasteiger partial charge in [0.15, 0.2) is 11.6 Å². The van der Waals surface area contributed by atoms with Crippen LogP contribution >= 0.6 is 11.6 Å². The van der Waals surface area contributed by atoms with Crippen molar-refractivity contribution in [2.24, 2.45) is 0 Å². The van der Waals surface area contributed by atoms with E-state index in [0.29, 0.717) is 5.75 Å². The number of hydrogen-bond donors (Lipinski definition) is 0. The van der Waals surface area contributed by atoms with Gasteiger partial charge in [-0.3, -0.25) is 0 Å². The third-order valence-corrected chi connectivity index (χ3v) is 4.25. The zero-order valence-electron chi connectivity index (χ0n) is 12.5. The Bertz CT molecular complexity index is 695. The Morgan fingerprint density at radius 1 is 1.45 bits per heavy atom. The van der Waals surface area contributed by atoms with Gasteiger partial charge in [-0.2, -0.15) is 0 Å². The number of hydrogen-bond acceptors (Lipinski definition) is 4. The van der Waals surface area contributed by atoms with E-state index in [-0.39, 0.29) is 17.1 Å². The topological polar surface area (TPSA) is 38.2 Å². The number of fused-ring (bicyclic) bond motifs is 1. The Balaban J connectivity index is 2.03. The zero-order valence-corrected chi connectivity index (χ0v) is 13.3. The monoisotopic (exact) mass is 321 g/mol. The second-order valence-corrected chi connectivity index (χ2v) is 5.57. The molecule has 1 aliphatic rings. The van der Waals surface area contributed by atoms with E-state index in [4.69, 9.17) is 16.3 Å². The lowest BCUT2D eigenvalue weighted by atomic mass is 9.90. The zero-order chi connectivity index (χ0) is 15.7. The summed E-state index contributed by atoms with van der Waals surface area (Å²) in [6, 6.07) is 5.28. The number of rotatable bonds is 3. The molecule has 0 saturated carbocycles. The molecule has 0 aliphatic carbocycles. The van der Waals surface area contributed by atoms with Crippen LogP contribution < -0.4 is 9.64 Å². The van der Waals surface area contributed by atoms with Gasteiger partial charge in [0.25, 0.3) is 0 Å². The van der Waals surface area contributed by atoms with E-state index in [1.807, 2.05) is 6.07 Å². The summed E-state index contributed by atoms with van der Waals surface area (Å²) in [5.41, 5.74) is 2.11. The molecule has 0 amide bonds. The second kappa shape index (κ2) is 6.08. The van der Waals surface area contributed by atoms with Crippen LogP contribution in [0.5, 0.6) is 5.75 Å². The van der Waals surface area contributed by atoms with Crippen molar-refractivity contribution in [1.29, 1.82) is 0 Å². The summed E-state index contributed by atoms with van der Waals surface area (Å²) < 4.78 is 19.2. The van der Waals surface area contributed by atoms with Gasteiger partial charge in [-0.1, -0.05) is 6.92 Å². The van der Waals surface area contributed by atoms with E-state index >= 15 is 0 Å². The maximum absolute atomic E-state index is 14.1. The smallest absolute Gasteiger partial charge is 0.224 e. The molecule has 1 aromatic carbocycles. The highest BCUT2D eigenvalue weighted by Crippen LogP contribution is 2.37. The average Bonchev–Trinajstić information content (AvgIpc) is 2.53. The van der Waals surface area contributed by atoms with Crippen LogP contribution in [0.4, 0.5) is 10.2 Å². The van der Waals surface area contributed by atoms with Gasteiger partial charge in [-0.15, -0.1) is 0 Å². The highest BCUT2D eigenvalue weighted by atomic mass is 35.5. The fourth-order valence-electron chi connectivity index (χ4n) is 3.06. The largest absolute Gasteiger partial charge is 0.494 e. The van der Waals surface area contributed by atoms with Crippen LogP contribution in [0.15, 0.2) is 24.4 Å². The predicted octanol–water partition coefficient (Wildman–Crippen LogP) is 3.79. The van der Waals surface area contributed by atoms with Crippen LogP contribution in [0.2, 0.25) is 5.28 Å². The molecule has 1 aliphatic heterocycles. The molecule has 0 N–H and O–H groups in total. The van der Waals surface area contributed by atoms with Gasteiger partial charge in [0, 0.05) is 12.7 Å². The first-order chi connectivity index (χ1) is 10.6. The Morgan fingerprint density at radius 3 is 2.95 bits per heavy atom. The van der Waals surface area contributed by atoms with Gasteiger partial charge in [0.2, 0.25) is 5.28 Å². The minimum Gasteiger partial charge on any atom is -0.494 e. The first kappa shape index (κ1) is 15.0. The Hall–Kier alpha value is -1.88. The highest BCUT2D eigenvalue weighted by molar-refractivity contribution is 6.28. The maximum atomic E-state index is 14.1. The molecule has 0 saturated heterocycles. The summed E-state index contributed by atoms with van der Waals surface area (Å²) in [7, 11) is 1.49. The van der Waals surface area contributed by atoms with Gasteiger partial charge < -0.3 is 9.64 Å². The number of methoxy groups -OCH3 is 1. The minimum atomic E-state index is -0.331. The molecule has 0 spiro atoms. The third-order valence-electron chi connectivity index (χ3n) is 4.06. The van der Waals surface area contributed by atoms with Crippen LogP contribution in [-0.2, 0) is 6.42 Å². The van der Waals surface area contributed by atoms with Crippen molar-refractivity contribution >= 4 is 17.4 Å².